The second-order valence-electron chi connectivity index (χ2n) is 6.01. The molecule has 0 bridgehead atoms. The fourth-order valence-corrected chi connectivity index (χ4v) is 2.65. The predicted molar refractivity (Wildman–Crippen MR) is 98.1 cm³/mol. The zero-order valence-corrected chi connectivity index (χ0v) is 14.6. The van der Waals surface area contributed by atoms with Gasteiger partial charge >= 0.3 is 0 Å². The van der Waals surface area contributed by atoms with Gasteiger partial charge in [-0.25, -0.2) is 0 Å². The van der Waals surface area contributed by atoms with Gasteiger partial charge in [0.05, 0.1) is 5.92 Å². The average Bonchev–Trinajstić information content (AvgIpc) is 2.63. The molecule has 2 N–H and O–H groups in total. The number of hydrogen-bond acceptors (Lipinski definition) is 3. The number of amides is 2. The number of rotatable bonds is 9. The van der Waals surface area contributed by atoms with Crippen LogP contribution in [0.15, 0.2) is 54.9 Å². The molecule has 2 rings (SSSR count). The number of nitrogens with zero attached hydrogens (tertiary/aromatic N) is 1. The van der Waals surface area contributed by atoms with E-state index in [4.69, 9.17) is 0 Å². The molecular weight excluding hydrogens is 314 g/mol. The van der Waals surface area contributed by atoms with Crippen LogP contribution in [0, 0.1) is 0 Å². The van der Waals surface area contributed by atoms with Crippen LogP contribution in [0.1, 0.15) is 36.8 Å². The Balaban J connectivity index is 1.91. The first-order valence-electron chi connectivity index (χ1n) is 8.63. The Kier molecular flexibility index (Phi) is 7.63. The number of carbonyl (C=O) groups is 2. The van der Waals surface area contributed by atoms with E-state index in [1.165, 1.54) is 6.92 Å². The first-order valence-corrected chi connectivity index (χ1v) is 8.63. The van der Waals surface area contributed by atoms with Crippen molar-refractivity contribution < 1.29 is 9.59 Å². The maximum atomic E-state index is 12.7. The molecule has 0 saturated heterocycles. The lowest BCUT2D eigenvalue weighted by molar-refractivity contribution is -0.122. The summed E-state index contributed by atoms with van der Waals surface area (Å²) in [5.41, 5.74) is 2.04. The Labute approximate surface area is 148 Å². The van der Waals surface area contributed by atoms with Crippen molar-refractivity contribution in [2.24, 2.45) is 0 Å². The average molecular weight is 339 g/mol. The van der Waals surface area contributed by atoms with Crippen LogP contribution in [0.2, 0.25) is 0 Å². The normalized spacial score (nSPS) is 11.6. The Hall–Kier alpha value is -2.69. The number of pyridine rings is 1. The van der Waals surface area contributed by atoms with Crippen LogP contribution < -0.4 is 10.6 Å². The van der Waals surface area contributed by atoms with Gasteiger partial charge in [-0.2, -0.15) is 0 Å². The zero-order chi connectivity index (χ0) is 17.9. The third-order valence-electron chi connectivity index (χ3n) is 3.96. The highest BCUT2D eigenvalue weighted by Gasteiger charge is 2.20. The fraction of sp³-hybridized carbons (Fsp3) is 0.350. The van der Waals surface area contributed by atoms with E-state index in [-0.39, 0.29) is 17.7 Å². The number of hydrogen-bond donors (Lipinski definition) is 2. The van der Waals surface area contributed by atoms with Gasteiger partial charge in [0, 0.05) is 32.4 Å². The van der Waals surface area contributed by atoms with Crippen molar-refractivity contribution >= 4 is 11.8 Å². The van der Waals surface area contributed by atoms with Crippen molar-refractivity contribution in [3.05, 3.63) is 66.0 Å². The van der Waals surface area contributed by atoms with E-state index in [9.17, 15) is 9.59 Å². The largest absolute Gasteiger partial charge is 0.356 e. The summed E-state index contributed by atoms with van der Waals surface area (Å²) in [5, 5.41) is 5.77. The van der Waals surface area contributed by atoms with E-state index >= 15 is 0 Å². The highest BCUT2D eigenvalue weighted by atomic mass is 16.2. The molecule has 1 aromatic carbocycles. The second-order valence-corrected chi connectivity index (χ2v) is 6.01. The van der Waals surface area contributed by atoms with Crippen LogP contribution in [-0.4, -0.2) is 29.9 Å². The van der Waals surface area contributed by atoms with Gasteiger partial charge in [-0.15, -0.1) is 0 Å². The molecule has 5 nitrogen and oxygen atoms in total. The molecule has 25 heavy (non-hydrogen) atoms. The molecule has 0 spiro atoms. The highest BCUT2D eigenvalue weighted by Crippen LogP contribution is 2.21. The molecular formula is C20H25N3O2. The quantitative estimate of drug-likeness (QED) is 0.689. The monoisotopic (exact) mass is 339 g/mol. The number of aromatic nitrogens is 1. The lowest BCUT2D eigenvalue weighted by Crippen LogP contribution is -2.32. The van der Waals surface area contributed by atoms with Gasteiger partial charge in [-0.3, -0.25) is 14.6 Å². The Bertz CT molecular complexity index is 659. The van der Waals surface area contributed by atoms with Crippen molar-refractivity contribution in [3.8, 4) is 0 Å². The smallest absolute Gasteiger partial charge is 0.227 e. The third kappa shape index (κ3) is 6.75. The summed E-state index contributed by atoms with van der Waals surface area (Å²) in [5.74, 6) is -0.236. The van der Waals surface area contributed by atoms with Crippen LogP contribution in [-0.2, 0) is 16.0 Å². The van der Waals surface area contributed by atoms with Gasteiger partial charge in [0.2, 0.25) is 11.8 Å². The number of carbonyl (C=O) groups excluding carboxylic acids is 2. The minimum absolute atomic E-state index is 0.0228. The van der Waals surface area contributed by atoms with Crippen LogP contribution in [0.25, 0.3) is 0 Å². The molecule has 0 aliphatic rings. The molecule has 0 radical (unpaired) electrons. The zero-order valence-electron chi connectivity index (χ0n) is 14.6. The molecule has 1 atom stereocenters. The minimum Gasteiger partial charge on any atom is -0.356 e. The molecule has 1 heterocycles. The van der Waals surface area contributed by atoms with Gasteiger partial charge in [-0.1, -0.05) is 36.4 Å². The summed E-state index contributed by atoms with van der Waals surface area (Å²) in [6, 6.07) is 13.7. The van der Waals surface area contributed by atoms with Crippen LogP contribution in [0.3, 0.4) is 0 Å². The van der Waals surface area contributed by atoms with Gasteiger partial charge in [0.1, 0.15) is 0 Å². The number of nitrogens with one attached hydrogen (secondary N) is 2. The number of unbranched alkanes of at least 4 members (excludes halogenated alkanes) is 1. The summed E-state index contributed by atoms with van der Waals surface area (Å²) in [4.78, 5) is 27.6. The van der Waals surface area contributed by atoms with Gasteiger partial charge < -0.3 is 10.6 Å². The Morgan fingerprint density at radius 3 is 2.36 bits per heavy atom. The topological polar surface area (TPSA) is 71.1 Å². The minimum atomic E-state index is -0.235. The summed E-state index contributed by atoms with van der Waals surface area (Å²) in [7, 11) is 0. The van der Waals surface area contributed by atoms with Crippen LogP contribution >= 0.6 is 0 Å². The predicted octanol–water partition coefficient (Wildman–Crippen LogP) is 2.44. The Morgan fingerprint density at radius 1 is 1.00 bits per heavy atom. The van der Waals surface area contributed by atoms with E-state index in [2.05, 4.69) is 15.6 Å². The summed E-state index contributed by atoms with van der Waals surface area (Å²) >= 11 is 0. The molecule has 2 amide bonds. The van der Waals surface area contributed by atoms with Crippen LogP contribution in [0.4, 0.5) is 0 Å². The van der Waals surface area contributed by atoms with Gasteiger partial charge in [0.25, 0.3) is 0 Å². The maximum absolute atomic E-state index is 12.7. The maximum Gasteiger partial charge on any atom is 0.227 e. The van der Waals surface area contributed by atoms with Gasteiger partial charge in [0.15, 0.2) is 0 Å². The second kappa shape index (κ2) is 10.2. The van der Waals surface area contributed by atoms with E-state index in [1.807, 2.05) is 42.5 Å². The van der Waals surface area contributed by atoms with Crippen molar-refractivity contribution in [2.75, 3.05) is 13.1 Å². The van der Waals surface area contributed by atoms with Crippen molar-refractivity contribution in [2.45, 2.75) is 32.1 Å². The number of benzene rings is 1. The van der Waals surface area contributed by atoms with E-state index in [1.54, 1.807) is 12.4 Å². The molecule has 2 aromatic rings. The summed E-state index contributed by atoms with van der Waals surface area (Å²) < 4.78 is 0. The first kappa shape index (κ1) is 18.6. The first-order chi connectivity index (χ1) is 12.2. The van der Waals surface area contributed by atoms with E-state index < -0.39 is 0 Å². The SMILES string of the molecule is CC(=O)NCCCCNC(=O)C(Cc1cccnc1)c1ccccc1. The lowest BCUT2D eigenvalue weighted by atomic mass is 9.91. The van der Waals surface area contributed by atoms with Crippen molar-refractivity contribution in [1.82, 2.24) is 15.6 Å². The molecule has 1 unspecified atom stereocenters. The summed E-state index contributed by atoms with van der Waals surface area (Å²) in [6.45, 7) is 2.75. The standard InChI is InChI=1S/C20H25N3O2/c1-16(24)22-12-5-6-13-23-20(25)19(18-9-3-2-4-10-18)14-17-8-7-11-21-15-17/h2-4,7-11,15,19H,5-6,12-14H2,1H3,(H,22,24)(H,23,25). The molecule has 1 aromatic heterocycles. The fourth-order valence-electron chi connectivity index (χ4n) is 2.65. The van der Waals surface area contributed by atoms with E-state index in [0.717, 1.165) is 24.0 Å². The molecule has 0 fully saturated rings. The molecule has 132 valence electrons. The van der Waals surface area contributed by atoms with Crippen LogP contribution in [0.5, 0.6) is 0 Å². The van der Waals surface area contributed by atoms with E-state index in [0.29, 0.717) is 19.5 Å². The lowest BCUT2D eigenvalue weighted by Gasteiger charge is -2.17. The summed E-state index contributed by atoms with van der Waals surface area (Å²) in [6.07, 6.45) is 5.83. The highest BCUT2D eigenvalue weighted by molar-refractivity contribution is 5.84. The van der Waals surface area contributed by atoms with Gasteiger partial charge in [-0.05, 0) is 36.5 Å². The molecule has 0 aliphatic heterocycles. The molecule has 0 saturated carbocycles. The molecule has 5 heteroatoms. The van der Waals surface area contributed by atoms with Crippen molar-refractivity contribution in [3.63, 3.8) is 0 Å². The third-order valence-corrected chi connectivity index (χ3v) is 3.96. The molecule has 0 aliphatic carbocycles. The van der Waals surface area contributed by atoms with Crippen molar-refractivity contribution in [1.29, 1.82) is 0 Å². The Morgan fingerprint density at radius 2 is 1.72 bits per heavy atom.